The van der Waals surface area contributed by atoms with Gasteiger partial charge < -0.3 is 4.74 Å². The molecule has 1 rings (SSSR count). The number of carbonyl (C=O) groups is 1. The van der Waals surface area contributed by atoms with E-state index in [-0.39, 0.29) is 5.56 Å². The van der Waals surface area contributed by atoms with E-state index in [0.717, 1.165) is 18.3 Å². The van der Waals surface area contributed by atoms with Crippen molar-refractivity contribution >= 4 is 12.3 Å². The third-order valence-corrected chi connectivity index (χ3v) is 1.93. The minimum Gasteiger partial charge on any atom is -0.442 e. The molecule has 0 aliphatic rings. The molecule has 0 bridgehead atoms. The molecule has 0 aliphatic carbocycles. The zero-order chi connectivity index (χ0) is 14.7. The van der Waals surface area contributed by atoms with Crippen molar-refractivity contribution in [1.29, 1.82) is 0 Å². The molecule has 0 N–H and O–H groups in total. The highest BCUT2D eigenvalue weighted by Gasteiger charge is 2.30. The topological polar surface area (TPSA) is 38.7 Å². The summed E-state index contributed by atoms with van der Waals surface area (Å²) < 4.78 is 42.3. The molecule has 1 aromatic rings. The number of rotatable bonds is 1. The van der Waals surface area contributed by atoms with Crippen molar-refractivity contribution in [3.63, 3.8) is 0 Å². The predicted molar refractivity (Wildman–Crippen MR) is 65.3 cm³/mol. The number of benzene rings is 1. The van der Waals surface area contributed by atoms with Gasteiger partial charge in [-0.2, -0.15) is 18.2 Å². The average Bonchev–Trinajstić information content (AvgIpc) is 2.23. The van der Waals surface area contributed by atoms with Gasteiger partial charge in [0.05, 0.1) is 5.56 Å². The fraction of sp³-hybridized carbons (Fsp3) is 0.385. The summed E-state index contributed by atoms with van der Waals surface area (Å²) in [4.78, 5) is 14.7. The molecule has 0 atom stereocenters. The highest BCUT2D eigenvalue weighted by molar-refractivity contribution is 5.89. The predicted octanol–water partition coefficient (Wildman–Crippen LogP) is 4.06. The van der Waals surface area contributed by atoms with E-state index in [9.17, 15) is 18.0 Å². The highest BCUT2D eigenvalue weighted by atomic mass is 19.4. The van der Waals surface area contributed by atoms with Gasteiger partial charge in [0.2, 0.25) is 0 Å². The van der Waals surface area contributed by atoms with Crippen LogP contribution in [-0.2, 0) is 10.9 Å². The minimum atomic E-state index is -4.42. The van der Waals surface area contributed by atoms with Crippen molar-refractivity contribution in [2.45, 2.75) is 32.5 Å². The molecule has 3 nitrogen and oxygen atoms in total. The number of nitrogens with zero attached hydrogens (tertiary/aromatic N) is 1. The first-order valence-electron chi connectivity index (χ1n) is 5.52. The highest BCUT2D eigenvalue weighted by Crippen LogP contribution is 2.29. The SMILES string of the molecule is CC(C)(C)OC(=O)/N=C/c1cccc(C(F)(F)F)c1. The Labute approximate surface area is 109 Å². The molecule has 0 aromatic heterocycles. The van der Waals surface area contributed by atoms with Gasteiger partial charge in [0, 0.05) is 6.21 Å². The smallest absolute Gasteiger partial charge is 0.434 e. The summed E-state index contributed by atoms with van der Waals surface area (Å²) in [6.45, 7) is 5.01. The number of hydrogen-bond donors (Lipinski definition) is 0. The Morgan fingerprint density at radius 2 is 1.89 bits per heavy atom. The average molecular weight is 273 g/mol. The maximum Gasteiger partial charge on any atom is 0.434 e. The van der Waals surface area contributed by atoms with E-state index in [1.807, 2.05) is 0 Å². The summed E-state index contributed by atoms with van der Waals surface area (Å²) in [7, 11) is 0. The lowest BCUT2D eigenvalue weighted by Gasteiger charge is -2.17. The van der Waals surface area contributed by atoms with Gasteiger partial charge in [-0.3, -0.25) is 0 Å². The molecule has 0 saturated heterocycles. The Morgan fingerprint density at radius 3 is 2.42 bits per heavy atom. The van der Waals surface area contributed by atoms with Gasteiger partial charge >= 0.3 is 12.3 Å². The molecule has 6 heteroatoms. The van der Waals surface area contributed by atoms with Gasteiger partial charge in [-0.25, -0.2) is 4.79 Å². The summed E-state index contributed by atoms with van der Waals surface area (Å²) in [6.07, 6.45) is -4.22. The number of carbonyl (C=O) groups excluding carboxylic acids is 1. The third-order valence-electron chi connectivity index (χ3n) is 1.93. The fourth-order valence-electron chi connectivity index (χ4n) is 1.21. The largest absolute Gasteiger partial charge is 0.442 e. The number of halogens is 3. The van der Waals surface area contributed by atoms with Crippen LogP contribution in [0.1, 0.15) is 31.9 Å². The maximum atomic E-state index is 12.5. The molecule has 0 heterocycles. The Hall–Kier alpha value is -1.85. The van der Waals surface area contributed by atoms with Crippen molar-refractivity contribution < 1.29 is 22.7 Å². The molecule has 0 radical (unpaired) electrons. The zero-order valence-corrected chi connectivity index (χ0v) is 10.8. The molecule has 0 unspecified atom stereocenters. The van der Waals surface area contributed by atoms with Crippen LogP contribution < -0.4 is 0 Å². The second-order valence-corrected chi connectivity index (χ2v) is 4.86. The Balaban J connectivity index is 2.80. The minimum absolute atomic E-state index is 0.181. The fourth-order valence-corrected chi connectivity index (χ4v) is 1.21. The van der Waals surface area contributed by atoms with E-state index in [1.54, 1.807) is 20.8 Å². The van der Waals surface area contributed by atoms with Crippen LogP contribution in [0, 0.1) is 0 Å². The molecule has 0 saturated carbocycles. The summed E-state index contributed by atoms with van der Waals surface area (Å²) in [5, 5.41) is 0. The Bertz CT molecular complexity index is 487. The lowest BCUT2D eigenvalue weighted by atomic mass is 10.1. The van der Waals surface area contributed by atoms with Gasteiger partial charge in [-0.05, 0) is 38.5 Å². The van der Waals surface area contributed by atoms with Gasteiger partial charge in [0.25, 0.3) is 0 Å². The van der Waals surface area contributed by atoms with E-state index in [2.05, 4.69) is 4.99 Å². The van der Waals surface area contributed by atoms with Crippen LogP contribution in [0.5, 0.6) is 0 Å². The number of hydrogen-bond acceptors (Lipinski definition) is 2. The monoisotopic (exact) mass is 273 g/mol. The maximum absolute atomic E-state index is 12.5. The van der Waals surface area contributed by atoms with Crippen LogP contribution in [0.3, 0.4) is 0 Å². The molecule has 19 heavy (non-hydrogen) atoms. The third kappa shape index (κ3) is 5.54. The molecule has 0 fully saturated rings. The quantitative estimate of drug-likeness (QED) is 0.724. The van der Waals surface area contributed by atoms with Crippen molar-refractivity contribution in [3.8, 4) is 0 Å². The summed E-state index contributed by atoms with van der Waals surface area (Å²) in [5.74, 6) is 0. The normalized spacial score (nSPS) is 12.7. The van der Waals surface area contributed by atoms with Gasteiger partial charge in [-0.15, -0.1) is 0 Å². The molecule has 104 valence electrons. The van der Waals surface area contributed by atoms with E-state index < -0.39 is 23.4 Å². The summed E-state index contributed by atoms with van der Waals surface area (Å²) in [5.41, 5.74) is -1.30. The van der Waals surface area contributed by atoms with Gasteiger partial charge in [0.15, 0.2) is 0 Å². The Kier molecular flexibility index (Phi) is 4.34. The van der Waals surface area contributed by atoms with E-state index in [4.69, 9.17) is 4.74 Å². The molecule has 1 amide bonds. The number of aliphatic imine (C=N–C) groups is 1. The van der Waals surface area contributed by atoms with Crippen LogP contribution in [0.15, 0.2) is 29.3 Å². The van der Waals surface area contributed by atoms with Crippen molar-refractivity contribution in [2.75, 3.05) is 0 Å². The Morgan fingerprint density at radius 1 is 1.26 bits per heavy atom. The van der Waals surface area contributed by atoms with Crippen LogP contribution in [0.25, 0.3) is 0 Å². The molecule has 0 spiro atoms. The van der Waals surface area contributed by atoms with Crippen molar-refractivity contribution in [1.82, 2.24) is 0 Å². The van der Waals surface area contributed by atoms with Crippen LogP contribution in [-0.4, -0.2) is 17.9 Å². The van der Waals surface area contributed by atoms with E-state index >= 15 is 0 Å². The zero-order valence-electron chi connectivity index (χ0n) is 10.8. The van der Waals surface area contributed by atoms with Crippen LogP contribution in [0.2, 0.25) is 0 Å². The second-order valence-electron chi connectivity index (χ2n) is 4.86. The summed E-state index contributed by atoms with van der Waals surface area (Å²) >= 11 is 0. The first kappa shape index (κ1) is 15.2. The van der Waals surface area contributed by atoms with E-state index in [0.29, 0.717) is 0 Å². The second kappa shape index (κ2) is 5.42. The van der Waals surface area contributed by atoms with Crippen molar-refractivity contribution in [2.24, 2.45) is 4.99 Å². The van der Waals surface area contributed by atoms with Gasteiger partial charge in [0.1, 0.15) is 5.60 Å². The molecule has 1 aromatic carbocycles. The molecule has 0 aliphatic heterocycles. The first-order valence-corrected chi connectivity index (χ1v) is 5.52. The standard InChI is InChI=1S/C13H14F3NO2/c1-12(2,3)19-11(18)17-8-9-5-4-6-10(7-9)13(14,15)16/h4-8H,1-3H3/b17-8+. The van der Waals surface area contributed by atoms with Crippen LogP contribution >= 0.6 is 0 Å². The molecular formula is C13H14F3NO2. The first-order chi connectivity index (χ1) is 8.58. The van der Waals surface area contributed by atoms with Crippen LogP contribution in [0.4, 0.5) is 18.0 Å². The number of alkyl halides is 3. The summed E-state index contributed by atoms with van der Waals surface area (Å²) in [6, 6.07) is 4.53. The van der Waals surface area contributed by atoms with Crippen molar-refractivity contribution in [3.05, 3.63) is 35.4 Å². The number of amides is 1. The van der Waals surface area contributed by atoms with E-state index in [1.165, 1.54) is 12.1 Å². The van der Waals surface area contributed by atoms with Gasteiger partial charge in [-0.1, -0.05) is 12.1 Å². The molecular weight excluding hydrogens is 259 g/mol. The number of ether oxygens (including phenoxy) is 1. The lowest BCUT2D eigenvalue weighted by Crippen LogP contribution is -2.21. The lowest BCUT2D eigenvalue weighted by molar-refractivity contribution is -0.137.